The smallest absolute Gasteiger partial charge is 0.238 e. The molecule has 23 heavy (non-hydrogen) atoms. The molecule has 3 atom stereocenters. The maximum Gasteiger partial charge on any atom is 0.238 e. The number of primary sulfonamides is 1. The predicted molar refractivity (Wildman–Crippen MR) is 88.9 cm³/mol. The van der Waals surface area contributed by atoms with Crippen LogP contribution in [0.3, 0.4) is 0 Å². The summed E-state index contributed by atoms with van der Waals surface area (Å²) < 4.78 is 22.6. The molecule has 1 saturated carbocycles. The second kappa shape index (κ2) is 6.98. The van der Waals surface area contributed by atoms with Gasteiger partial charge in [0.25, 0.3) is 0 Å². The summed E-state index contributed by atoms with van der Waals surface area (Å²) in [5.41, 5.74) is 6.64. The molecule has 0 aliphatic heterocycles. The fraction of sp³-hybridized carbons (Fsp3) is 0.562. The molecular weight excluding hydrogens is 314 g/mol. The van der Waals surface area contributed by atoms with Gasteiger partial charge in [0.2, 0.25) is 15.9 Å². The molecule has 1 aromatic rings. The molecule has 1 unspecified atom stereocenters. The van der Waals surface area contributed by atoms with Gasteiger partial charge in [-0.1, -0.05) is 18.6 Å². The van der Waals surface area contributed by atoms with Crippen LogP contribution < -0.4 is 10.9 Å². The van der Waals surface area contributed by atoms with E-state index in [0.29, 0.717) is 6.54 Å². The molecule has 0 spiro atoms. The van der Waals surface area contributed by atoms with Crippen molar-refractivity contribution in [3.05, 3.63) is 29.8 Å². The van der Waals surface area contributed by atoms with Crippen LogP contribution in [0.5, 0.6) is 0 Å². The van der Waals surface area contributed by atoms with E-state index in [1.54, 1.807) is 24.1 Å². The lowest BCUT2D eigenvalue weighted by Crippen LogP contribution is -2.38. The third kappa shape index (κ3) is 3.91. The van der Waals surface area contributed by atoms with Gasteiger partial charge in [-0.05, 0) is 49.9 Å². The van der Waals surface area contributed by atoms with Crippen molar-refractivity contribution in [2.75, 3.05) is 13.6 Å². The van der Waals surface area contributed by atoms with Crippen LogP contribution in [0.2, 0.25) is 0 Å². The normalized spacial score (nSPS) is 22.8. The van der Waals surface area contributed by atoms with Crippen molar-refractivity contribution in [3.63, 3.8) is 0 Å². The van der Waals surface area contributed by atoms with Crippen LogP contribution in [0.1, 0.15) is 37.8 Å². The van der Waals surface area contributed by atoms with E-state index in [2.05, 4.69) is 0 Å². The summed E-state index contributed by atoms with van der Waals surface area (Å²) in [5.74, 6) is 0.374. The second-order valence-corrected chi connectivity index (χ2v) is 7.83. The molecule has 0 saturated heterocycles. The molecular formula is C16H25N3O3S. The number of nitrogens with zero attached hydrogens (tertiary/aromatic N) is 1. The lowest BCUT2D eigenvalue weighted by molar-refractivity contribution is -0.137. The average molecular weight is 339 g/mol. The van der Waals surface area contributed by atoms with E-state index in [4.69, 9.17) is 10.9 Å². The van der Waals surface area contributed by atoms with Crippen LogP contribution in [0, 0.1) is 11.8 Å². The minimum absolute atomic E-state index is 0.00357. The molecule has 0 aromatic heterocycles. The van der Waals surface area contributed by atoms with Gasteiger partial charge in [0.05, 0.1) is 10.9 Å². The van der Waals surface area contributed by atoms with E-state index >= 15 is 0 Å². The highest BCUT2D eigenvalue weighted by Gasteiger charge is 2.35. The first-order valence-corrected chi connectivity index (χ1v) is 9.40. The summed E-state index contributed by atoms with van der Waals surface area (Å²) in [5, 5.41) is 5.10. The number of carbonyl (C=O) groups is 1. The molecule has 7 heteroatoms. The Balaban J connectivity index is 2.13. The third-order valence-corrected chi connectivity index (χ3v) is 5.83. The summed E-state index contributed by atoms with van der Waals surface area (Å²) in [7, 11) is -1.92. The van der Waals surface area contributed by atoms with Crippen LogP contribution >= 0.6 is 0 Å². The topological polar surface area (TPSA) is 106 Å². The van der Waals surface area contributed by atoms with Gasteiger partial charge in [0.1, 0.15) is 0 Å². The number of hydrogen-bond donors (Lipinski definition) is 2. The Labute approximate surface area is 137 Å². The van der Waals surface area contributed by atoms with E-state index in [-0.39, 0.29) is 28.7 Å². The SMILES string of the molecule is CC(c1ccc(S(N)(=O)=O)cc1)N(C)C(=O)[C@@H]1CCC[C@@H]1CN. The van der Waals surface area contributed by atoms with E-state index in [1.807, 2.05) is 6.92 Å². The first-order chi connectivity index (χ1) is 10.8. The van der Waals surface area contributed by atoms with Crippen molar-refractivity contribution in [2.45, 2.75) is 37.1 Å². The number of amides is 1. The molecule has 1 amide bonds. The van der Waals surface area contributed by atoms with Gasteiger partial charge >= 0.3 is 0 Å². The number of nitrogens with two attached hydrogens (primary N) is 2. The molecule has 1 fully saturated rings. The Kier molecular flexibility index (Phi) is 5.44. The average Bonchev–Trinajstić information content (AvgIpc) is 3.00. The Morgan fingerprint density at radius 1 is 1.30 bits per heavy atom. The van der Waals surface area contributed by atoms with Gasteiger partial charge in [0.15, 0.2) is 0 Å². The first kappa shape index (κ1) is 17.9. The summed E-state index contributed by atoms with van der Waals surface area (Å²) in [6, 6.07) is 6.19. The van der Waals surface area contributed by atoms with Crippen molar-refractivity contribution in [1.29, 1.82) is 0 Å². The number of hydrogen-bond acceptors (Lipinski definition) is 4. The van der Waals surface area contributed by atoms with Gasteiger partial charge in [-0.25, -0.2) is 13.6 Å². The maximum absolute atomic E-state index is 12.7. The van der Waals surface area contributed by atoms with Crippen molar-refractivity contribution in [1.82, 2.24) is 4.90 Å². The predicted octanol–water partition coefficient (Wildman–Crippen LogP) is 1.23. The fourth-order valence-electron chi connectivity index (χ4n) is 3.26. The minimum Gasteiger partial charge on any atom is -0.339 e. The van der Waals surface area contributed by atoms with Crippen molar-refractivity contribution in [2.24, 2.45) is 22.7 Å². The van der Waals surface area contributed by atoms with Crippen molar-refractivity contribution >= 4 is 15.9 Å². The maximum atomic E-state index is 12.7. The Morgan fingerprint density at radius 2 is 1.91 bits per heavy atom. The first-order valence-electron chi connectivity index (χ1n) is 7.85. The summed E-state index contributed by atoms with van der Waals surface area (Å²) >= 11 is 0. The quantitative estimate of drug-likeness (QED) is 0.841. The molecule has 2 rings (SSSR count). The van der Waals surface area contributed by atoms with Gasteiger partial charge in [-0.3, -0.25) is 4.79 Å². The van der Waals surface area contributed by atoms with Gasteiger partial charge in [0, 0.05) is 13.0 Å². The van der Waals surface area contributed by atoms with E-state index in [1.165, 1.54) is 12.1 Å². The van der Waals surface area contributed by atoms with Gasteiger partial charge in [-0.15, -0.1) is 0 Å². The molecule has 0 radical (unpaired) electrons. The zero-order valence-electron chi connectivity index (χ0n) is 13.6. The van der Waals surface area contributed by atoms with Crippen LogP contribution in [-0.2, 0) is 14.8 Å². The molecule has 1 aliphatic carbocycles. The standard InChI is InChI=1S/C16H25N3O3S/c1-11(12-6-8-14(9-7-12)23(18,21)22)19(2)16(20)15-5-3-4-13(15)10-17/h6-9,11,13,15H,3-5,10,17H2,1-2H3,(H2,18,21,22)/t11?,13-,15-/m1/s1. The second-order valence-electron chi connectivity index (χ2n) is 6.27. The molecule has 128 valence electrons. The van der Waals surface area contributed by atoms with Gasteiger partial charge < -0.3 is 10.6 Å². The van der Waals surface area contributed by atoms with Crippen molar-refractivity contribution < 1.29 is 13.2 Å². The highest BCUT2D eigenvalue weighted by atomic mass is 32.2. The van der Waals surface area contributed by atoms with E-state index in [9.17, 15) is 13.2 Å². The van der Waals surface area contributed by atoms with E-state index < -0.39 is 10.0 Å². The zero-order valence-corrected chi connectivity index (χ0v) is 14.4. The molecule has 4 N–H and O–H groups in total. The van der Waals surface area contributed by atoms with Crippen LogP contribution in [0.25, 0.3) is 0 Å². The summed E-state index contributed by atoms with van der Waals surface area (Å²) in [6.07, 6.45) is 2.95. The van der Waals surface area contributed by atoms with Gasteiger partial charge in [-0.2, -0.15) is 0 Å². The number of sulfonamides is 1. The summed E-state index contributed by atoms with van der Waals surface area (Å²) in [4.78, 5) is 14.5. The van der Waals surface area contributed by atoms with Crippen LogP contribution in [-0.4, -0.2) is 32.8 Å². The molecule has 1 aliphatic rings. The highest BCUT2D eigenvalue weighted by molar-refractivity contribution is 7.89. The lowest BCUT2D eigenvalue weighted by atomic mass is 9.94. The zero-order chi connectivity index (χ0) is 17.2. The molecule has 1 aromatic carbocycles. The Morgan fingerprint density at radius 3 is 2.43 bits per heavy atom. The van der Waals surface area contributed by atoms with Crippen LogP contribution in [0.4, 0.5) is 0 Å². The highest BCUT2D eigenvalue weighted by Crippen LogP contribution is 2.34. The molecule has 0 heterocycles. The molecule has 0 bridgehead atoms. The minimum atomic E-state index is -3.70. The Bertz CT molecular complexity index is 658. The Hall–Kier alpha value is -1.44. The van der Waals surface area contributed by atoms with E-state index in [0.717, 1.165) is 24.8 Å². The number of benzene rings is 1. The third-order valence-electron chi connectivity index (χ3n) is 4.90. The molecule has 6 nitrogen and oxygen atoms in total. The van der Waals surface area contributed by atoms with Crippen molar-refractivity contribution in [3.8, 4) is 0 Å². The van der Waals surface area contributed by atoms with Crippen LogP contribution in [0.15, 0.2) is 29.2 Å². The lowest BCUT2D eigenvalue weighted by Gasteiger charge is -2.30. The largest absolute Gasteiger partial charge is 0.339 e. The monoisotopic (exact) mass is 339 g/mol. The fourth-order valence-corrected chi connectivity index (χ4v) is 3.77. The number of carbonyl (C=O) groups excluding carboxylic acids is 1. The summed E-state index contributed by atoms with van der Waals surface area (Å²) in [6.45, 7) is 2.47. The number of rotatable bonds is 5.